The van der Waals surface area contributed by atoms with Crippen LogP contribution in [-0.2, 0) is 4.79 Å². The average Bonchev–Trinajstić information content (AvgIpc) is 2.67. The number of rotatable bonds is 6. The molecule has 0 aliphatic rings. The number of hydrogen-bond acceptors (Lipinski definition) is 3. The average molecular weight is 433 g/mol. The Hall–Kier alpha value is -2.34. The van der Waals surface area contributed by atoms with E-state index < -0.39 is 0 Å². The van der Waals surface area contributed by atoms with E-state index in [1.807, 2.05) is 42.5 Å². The number of fused-ring (bicyclic) bond motifs is 1. The van der Waals surface area contributed by atoms with E-state index >= 15 is 0 Å². The Morgan fingerprint density at radius 3 is 2.64 bits per heavy atom. The first-order valence-corrected chi connectivity index (χ1v) is 9.86. The second-order valence-corrected chi connectivity index (χ2v) is 7.31. The van der Waals surface area contributed by atoms with Crippen molar-refractivity contribution in [1.29, 1.82) is 0 Å². The van der Waals surface area contributed by atoms with E-state index in [0.29, 0.717) is 28.8 Å². The molecule has 0 aliphatic carbocycles. The number of anilines is 1. The molecule has 0 bridgehead atoms. The van der Waals surface area contributed by atoms with E-state index in [4.69, 9.17) is 40.2 Å². The van der Waals surface area contributed by atoms with Crippen LogP contribution in [0, 0.1) is 0 Å². The molecule has 4 nitrogen and oxygen atoms in total. The first-order valence-electron chi connectivity index (χ1n) is 8.69. The third-order valence-corrected chi connectivity index (χ3v) is 4.73. The van der Waals surface area contributed by atoms with Gasteiger partial charge in [0.05, 0.1) is 11.6 Å². The number of carbonyl (C=O) groups excluding carboxylic acids is 1. The van der Waals surface area contributed by atoms with Gasteiger partial charge in [-0.25, -0.2) is 0 Å². The topological polar surface area (TPSA) is 50.4 Å². The molecular weight excluding hydrogens is 415 g/mol. The van der Waals surface area contributed by atoms with E-state index in [2.05, 4.69) is 10.6 Å². The van der Waals surface area contributed by atoms with Gasteiger partial charge in [0.25, 0.3) is 0 Å². The Balaban J connectivity index is 1.45. The molecule has 0 unspecified atom stereocenters. The molecule has 28 heavy (non-hydrogen) atoms. The van der Waals surface area contributed by atoms with Crippen LogP contribution in [0.3, 0.4) is 0 Å². The molecule has 0 aromatic heterocycles. The zero-order valence-electron chi connectivity index (χ0n) is 14.9. The van der Waals surface area contributed by atoms with Crippen LogP contribution in [0.4, 0.5) is 5.69 Å². The van der Waals surface area contributed by atoms with E-state index in [-0.39, 0.29) is 17.4 Å². The first kappa shape index (κ1) is 20.4. The maximum Gasteiger partial charge on any atom is 0.226 e. The smallest absolute Gasteiger partial charge is 0.226 e. The third kappa shape index (κ3) is 5.58. The van der Waals surface area contributed by atoms with Gasteiger partial charge in [0.2, 0.25) is 5.91 Å². The number of nitrogens with one attached hydrogen (secondary N) is 2. The maximum absolute atomic E-state index is 12.1. The molecule has 144 valence electrons. The molecule has 3 aromatic rings. The Morgan fingerprint density at radius 2 is 1.82 bits per heavy atom. The quantitative estimate of drug-likeness (QED) is 0.380. The number of halogens is 2. The normalized spacial score (nSPS) is 10.5. The van der Waals surface area contributed by atoms with E-state index in [0.717, 1.165) is 16.5 Å². The van der Waals surface area contributed by atoms with Gasteiger partial charge in [-0.1, -0.05) is 59.6 Å². The summed E-state index contributed by atoms with van der Waals surface area (Å²) in [5.74, 6) is 0.364. The lowest BCUT2D eigenvalue weighted by atomic mass is 10.1. The van der Waals surface area contributed by atoms with Crippen LogP contribution in [0.25, 0.3) is 10.8 Å². The van der Waals surface area contributed by atoms with Crippen LogP contribution in [0.15, 0.2) is 60.7 Å². The molecule has 7 heteroatoms. The molecule has 0 aliphatic heterocycles. The lowest BCUT2D eigenvalue weighted by Crippen LogP contribution is -2.34. The van der Waals surface area contributed by atoms with Crippen LogP contribution in [-0.4, -0.2) is 17.6 Å². The minimum atomic E-state index is -0.177. The van der Waals surface area contributed by atoms with Gasteiger partial charge in [0.15, 0.2) is 5.11 Å². The van der Waals surface area contributed by atoms with Crippen molar-refractivity contribution in [2.75, 3.05) is 11.9 Å². The summed E-state index contributed by atoms with van der Waals surface area (Å²) in [5.41, 5.74) is 0.851. The van der Waals surface area contributed by atoms with Gasteiger partial charge in [-0.2, -0.15) is 0 Å². The van der Waals surface area contributed by atoms with Crippen LogP contribution >= 0.6 is 35.4 Å². The predicted molar refractivity (Wildman–Crippen MR) is 120 cm³/mol. The number of thiocarbonyl (C=S) groups is 1. The summed E-state index contributed by atoms with van der Waals surface area (Å²) in [5, 5.41) is 9.16. The van der Waals surface area contributed by atoms with Crippen molar-refractivity contribution >= 4 is 62.9 Å². The highest BCUT2D eigenvalue weighted by atomic mass is 35.5. The monoisotopic (exact) mass is 432 g/mol. The van der Waals surface area contributed by atoms with Crippen molar-refractivity contribution in [2.24, 2.45) is 0 Å². The Labute approximate surface area is 178 Å². The summed E-state index contributed by atoms with van der Waals surface area (Å²) in [7, 11) is 0. The lowest BCUT2D eigenvalue weighted by molar-refractivity contribution is -0.119. The minimum Gasteiger partial charge on any atom is -0.492 e. The third-order valence-electron chi connectivity index (χ3n) is 3.99. The lowest BCUT2D eigenvalue weighted by Gasteiger charge is -2.12. The molecule has 0 heterocycles. The molecule has 0 saturated carbocycles. The Bertz CT molecular complexity index is 1010. The van der Waals surface area contributed by atoms with Gasteiger partial charge in [-0.3, -0.25) is 4.79 Å². The van der Waals surface area contributed by atoms with Crippen LogP contribution < -0.4 is 15.4 Å². The highest BCUT2D eigenvalue weighted by Crippen LogP contribution is 2.27. The molecular formula is C21H18Cl2N2O2S. The zero-order chi connectivity index (χ0) is 19.9. The van der Waals surface area contributed by atoms with Crippen molar-refractivity contribution in [1.82, 2.24) is 5.32 Å². The molecule has 0 atom stereocenters. The number of hydrogen-bond donors (Lipinski definition) is 2. The van der Waals surface area contributed by atoms with Crippen LogP contribution in [0.2, 0.25) is 10.0 Å². The highest BCUT2D eigenvalue weighted by molar-refractivity contribution is 7.80. The van der Waals surface area contributed by atoms with Crippen molar-refractivity contribution in [3.05, 3.63) is 70.7 Å². The van der Waals surface area contributed by atoms with E-state index in [1.165, 1.54) is 0 Å². The number of amides is 1. The first-order chi connectivity index (χ1) is 13.5. The van der Waals surface area contributed by atoms with Crippen molar-refractivity contribution in [3.8, 4) is 5.75 Å². The van der Waals surface area contributed by atoms with Gasteiger partial charge in [0.1, 0.15) is 5.75 Å². The molecule has 2 N–H and O–H groups in total. The SMILES string of the molecule is O=C(CCCOc1ccc(Cl)cc1Cl)NC(=S)Nc1cccc2ccccc12. The maximum atomic E-state index is 12.1. The Kier molecular flexibility index (Phi) is 7.09. The van der Waals surface area contributed by atoms with Gasteiger partial charge >= 0.3 is 0 Å². The van der Waals surface area contributed by atoms with Crippen molar-refractivity contribution in [2.45, 2.75) is 12.8 Å². The van der Waals surface area contributed by atoms with Crippen LogP contribution in [0.1, 0.15) is 12.8 Å². The van der Waals surface area contributed by atoms with Crippen molar-refractivity contribution < 1.29 is 9.53 Å². The summed E-state index contributed by atoms with van der Waals surface area (Å²) in [6.07, 6.45) is 0.810. The summed E-state index contributed by atoms with van der Waals surface area (Å²) < 4.78 is 5.57. The standard InChI is InChI=1S/C21H18Cl2N2O2S/c22-15-10-11-19(17(23)13-15)27-12-4-9-20(26)25-21(28)24-18-8-3-6-14-5-1-2-7-16(14)18/h1-3,5-8,10-11,13H,4,9,12H2,(H2,24,25,26,28). The second-order valence-electron chi connectivity index (χ2n) is 6.06. The molecule has 0 spiro atoms. The summed E-state index contributed by atoms with van der Waals surface area (Å²) in [6.45, 7) is 0.359. The molecule has 0 radical (unpaired) electrons. The molecule has 3 rings (SSSR count). The Morgan fingerprint density at radius 1 is 1.04 bits per heavy atom. The number of carbonyl (C=O) groups is 1. The number of ether oxygens (including phenoxy) is 1. The van der Waals surface area contributed by atoms with Gasteiger partial charge in [-0.05, 0) is 48.3 Å². The van der Waals surface area contributed by atoms with Gasteiger partial charge in [-0.15, -0.1) is 0 Å². The summed E-state index contributed by atoms with van der Waals surface area (Å²) >= 11 is 17.1. The minimum absolute atomic E-state index is 0.177. The molecule has 3 aromatic carbocycles. The van der Waals surface area contributed by atoms with Gasteiger partial charge < -0.3 is 15.4 Å². The van der Waals surface area contributed by atoms with E-state index in [9.17, 15) is 4.79 Å². The second kappa shape index (κ2) is 9.73. The fourth-order valence-electron chi connectivity index (χ4n) is 2.68. The number of benzene rings is 3. The molecule has 0 fully saturated rings. The highest BCUT2D eigenvalue weighted by Gasteiger charge is 2.08. The van der Waals surface area contributed by atoms with Crippen molar-refractivity contribution in [3.63, 3.8) is 0 Å². The summed E-state index contributed by atoms with van der Waals surface area (Å²) in [6, 6.07) is 18.9. The fraction of sp³-hybridized carbons (Fsp3) is 0.143. The van der Waals surface area contributed by atoms with Gasteiger partial charge in [0, 0.05) is 22.5 Å². The van der Waals surface area contributed by atoms with Crippen LogP contribution in [0.5, 0.6) is 5.75 Å². The molecule has 0 saturated heterocycles. The zero-order valence-corrected chi connectivity index (χ0v) is 17.2. The molecule has 1 amide bonds. The summed E-state index contributed by atoms with van der Waals surface area (Å²) in [4.78, 5) is 12.1. The largest absolute Gasteiger partial charge is 0.492 e. The predicted octanol–water partition coefficient (Wildman–Crippen LogP) is 5.82. The fourth-order valence-corrected chi connectivity index (χ4v) is 3.37. The van der Waals surface area contributed by atoms with E-state index in [1.54, 1.807) is 18.2 Å².